The van der Waals surface area contributed by atoms with E-state index in [-0.39, 0.29) is 11.5 Å². The first kappa shape index (κ1) is 11.6. The topological polar surface area (TPSA) is 34.4 Å². The van der Waals surface area contributed by atoms with Crippen molar-refractivity contribution in [2.24, 2.45) is 12.2 Å². The van der Waals surface area contributed by atoms with E-state index in [2.05, 4.69) is 5.18 Å². The molecule has 94 valence electrons. The molecule has 0 aliphatic carbocycles. The lowest BCUT2D eigenvalue weighted by Gasteiger charge is -2.04. The van der Waals surface area contributed by atoms with Crippen molar-refractivity contribution < 1.29 is 4.39 Å². The monoisotopic (exact) mass is 254 g/mol. The number of hydrogen-bond acceptors (Lipinski definition) is 2. The molecule has 1 heterocycles. The Balaban J connectivity index is 2.46. The highest BCUT2D eigenvalue weighted by Crippen LogP contribution is 2.39. The summed E-state index contributed by atoms with van der Waals surface area (Å²) in [4.78, 5) is 11.2. The van der Waals surface area contributed by atoms with Crippen molar-refractivity contribution in [3.05, 3.63) is 59.3 Å². The van der Waals surface area contributed by atoms with Crippen LogP contribution in [0.5, 0.6) is 0 Å². The Bertz CT molecular complexity index is 763. The van der Waals surface area contributed by atoms with E-state index in [1.54, 1.807) is 23.7 Å². The number of benzene rings is 2. The van der Waals surface area contributed by atoms with Crippen LogP contribution in [0.2, 0.25) is 0 Å². The molecule has 1 aromatic heterocycles. The van der Waals surface area contributed by atoms with Gasteiger partial charge in [-0.15, -0.1) is 4.91 Å². The molecule has 4 heteroatoms. The molecule has 0 bridgehead atoms. The number of aryl methyl sites for hydroxylation is 1. The molecule has 19 heavy (non-hydrogen) atoms. The quantitative estimate of drug-likeness (QED) is 0.625. The van der Waals surface area contributed by atoms with Crippen molar-refractivity contribution in [2.45, 2.75) is 0 Å². The molecule has 0 saturated carbocycles. The zero-order chi connectivity index (χ0) is 13.4. The fourth-order valence-corrected chi connectivity index (χ4v) is 2.46. The Morgan fingerprint density at radius 1 is 1.05 bits per heavy atom. The predicted molar refractivity (Wildman–Crippen MR) is 73.8 cm³/mol. The van der Waals surface area contributed by atoms with E-state index in [0.29, 0.717) is 16.6 Å². The normalized spacial score (nSPS) is 10.8. The second-order valence-corrected chi connectivity index (χ2v) is 4.35. The van der Waals surface area contributed by atoms with Crippen LogP contribution in [-0.4, -0.2) is 4.57 Å². The standard InChI is InChI=1S/C15H11FN2O/c1-18-14(10-6-3-2-4-7-10)13(17-19)11-8-5-9-12(16)15(11)18/h2-9H,1H3. The maximum absolute atomic E-state index is 13.9. The largest absolute Gasteiger partial charge is 0.339 e. The lowest BCUT2D eigenvalue weighted by molar-refractivity contribution is 0.632. The molecule has 0 unspecified atom stereocenters. The number of nitroso groups, excluding NO2 is 1. The minimum atomic E-state index is -0.355. The number of nitrogens with zero attached hydrogens (tertiary/aromatic N) is 2. The number of para-hydroxylation sites is 1. The van der Waals surface area contributed by atoms with Gasteiger partial charge in [-0.3, -0.25) is 0 Å². The van der Waals surface area contributed by atoms with Crippen LogP contribution in [0.25, 0.3) is 22.2 Å². The summed E-state index contributed by atoms with van der Waals surface area (Å²) in [5.74, 6) is -0.355. The van der Waals surface area contributed by atoms with Gasteiger partial charge in [-0.25, -0.2) is 4.39 Å². The lowest BCUT2D eigenvalue weighted by atomic mass is 10.1. The minimum Gasteiger partial charge on any atom is -0.339 e. The maximum atomic E-state index is 13.9. The zero-order valence-electron chi connectivity index (χ0n) is 10.3. The Hall–Kier alpha value is -2.49. The van der Waals surface area contributed by atoms with Crippen LogP contribution in [0.4, 0.5) is 10.1 Å². The first-order chi connectivity index (χ1) is 9.24. The molecule has 0 aliphatic heterocycles. The Morgan fingerprint density at radius 3 is 2.47 bits per heavy atom. The van der Waals surface area contributed by atoms with Gasteiger partial charge in [-0.05, 0) is 11.2 Å². The molecule has 3 nitrogen and oxygen atoms in total. The lowest BCUT2D eigenvalue weighted by Crippen LogP contribution is -1.93. The van der Waals surface area contributed by atoms with E-state index in [9.17, 15) is 9.30 Å². The fraction of sp³-hybridized carbons (Fsp3) is 0.0667. The van der Waals surface area contributed by atoms with Crippen LogP contribution in [0.15, 0.2) is 53.7 Å². The third kappa shape index (κ3) is 1.64. The number of halogens is 1. The van der Waals surface area contributed by atoms with Crippen molar-refractivity contribution in [1.29, 1.82) is 0 Å². The fourth-order valence-electron chi connectivity index (χ4n) is 2.46. The Morgan fingerprint density at radius 2 is 1.79 bits per heavy atom. The molecule has 3 aromatic rings. The van der Waals surface area contributed by atoms with Crippen molar-refractivity contribution >= 4 is 16.6 Å². The number of rotatable bonds is 2. The number of fused-ring (bicyclic) bond motifs is 1. The van der Waals surface area contributed by atoms with E-state index < -0.39 is 0 Å². The highest BCUT2D eigenvalue weighted by Gasteiger charge is 2.19. The molecule has 0 N–H and O–H groups in total. The Kier molecular flexibility index (Phi) is 2.63. The smallest absolute Gasteiger partial charge is 0.147 e. The van der Waals surface area contributed by atoms with Gasteiger partial charge in [0.1, 0.15) is 11.5 Å². The van der Waals surface area contributed by atoms with Crippen LogP contribution in [0, 0.1) is 10.7 Å². The third-order valence-corrected chi connectivity index (χ3v) is 3.28. The molecule has 0 aliphatic rings. The summed E-state index contributed by atoms with van der Waals surface area (Å²) in [6.07, 6.45) is 0. The van der Waals surface area contributed by atoms with Gasteiger partial charge in [0.15, 0.2) is 0 Å². The molecule has 0 spiro atoms. The van der Waals surface area contributed by atoms with Crippen molar-refractivity contribution in [1.82, 2.24) is 4.57 Å². The summed E-state index contributed by atoms with van der Waals surface area (Å²) >= 11 is 0. The van der Waals surface area contributed by atoms with Gasteiger partial charge >= 0.3 is 0 Å². The molecule has 0 radical (unpaired) electrons. The summed E-state index contributed by atoms with van der Waals surface area (Å²) in [6, 6.07) is 14.1. The maximum Gasteiger partial charge on any atom is 0.147 e. The minimum absolute atomic E-state index is 0.281. The van der Waals surface area contributed by atoms with Gasteiger partial charge in [0.25, 0.3) is 0 Å². The summed E-state index contributed by atoms with van der Waals surface area (Å²) in [6.45, 7) is 0. The summed E-state index contributed by atoms with van der Waals surface area (Å²) in [5.41, 5.74) is 2.16. The Labute approximate surface area is 109 Å². The SMILES string of the molecule is Cn1c(-c2ccccc2)c(N=O)c2cccc(F)c21. The second-order valence-electron chi connectivity index (χ2n) is 4.35. The molecule has 0 fully saturated rings. The molecule has 0 saturated heterocycles. The third-order valence-electron chi connectivity index (χ3n) is 3.28. The van der Waals surface area contributed by atoms with Crippen molar-refractivity contribution in [3.63, 3.8) is 0 Å². The molecule has 0 atom stereocenters. The summed E-state index contributed by atoms with van der Waals surface area (Å²) in [7, 11) is 1.74. The first-order valence-electron chi connectivity index (χ1n) is 5.89. The summed E-state index contributed by atoms with van der Waals surface area (Å²) in [5, 5.41) is 3.64. The van der Waals surface area contributed by atoms with Crippen molar-refractivity contribution in [2.75, 3.05) is 0 Å². The first-order valence-corrected chi connectivity index (χ1v) is 5.89. The van der Waals surface area contributed by atoms with Crippen LogP contribution >= 0.6 is 0 Å². The van der Waals surface area contributed by atoms with Crippen molar-refractivity contribution in [3.8, 4) is 11.3 Å². The van der Waals surface area contributed by atoms with Gasteiger partial charge in [0, 0.05) is 18.0 Å². The van der Waals surface area contributed by atoms with Crippen LogP contribution < -0.4 is 0 Å². The molecule has 3 rings (SSSR count). The predicted octanol–water partition coefficient (Wildman–Crippen LogP) is 4.38. The van der Waals surface area contributed by atoms with E-state index >= 15 is 0 Å². The molecular weight excluding hydrogens is 243 g/mol. The van der Waals surface area contributed by atoms with E-state index in [1.807, 2.05) is 30.3 Å². The number of aromatic nitrogens is 1. The zero-order valence-corrected chi connectivity index (χ0v) is 10.3. The van der Waals surface area contributed by atoms with Crippen LogP contribution in [0.1, 0.15) is 0 Å². The molecular formula is C15H11FN2O. The van der Waals surface area contributed by atoms with Crippen LogP contribution in [-0.2, 0) is 7.05 Å². The van der Waals surface area contributed by atoms with Gasteiger partial charge in [0.05, 0.1) is 11.2 Å². The van der Waals surface area contributed by atoms with Crippen LogP contribution in [0.3, 0.4) is 0 Å². The molecule has 2 aromatic carbocycles. The van der Waals surface area contributed by atoms with E-state index in [0.717, 1.165) is 5.56 Å². The second kappa shape index (κ2) is 4.31. The van der Waals surface area contributed by atoms with E-state index in [1.165, 1.54) is 6.07 Å². The van der Waals surface area contributed by atoms with E-state index in [4.69, 9.17) is 0 Å². The highest BCUT2D eigenvalue weighted by molar-refractivity contribution is 6.00. The highest BCUT2D eigenvalue weighted by atomic mass is 19.1. The average molecular weight is 254 g/mol. The van der Waals surface area contributed by atoms with Gasteiger partial charge < -0.3 is 4.57 Å². The van der Waals surface area contributed by atoms with Gasteiger partial charge in [-0.2, -0.15) is 0 Å². The number of hydrogen-bond donors (Lipinski definition) is 0. The van der Waals surface area contributed by atoms with Gasteiger partial charge in [0.2, 0.25) is 0 Å². The van der Waals surface area contributed by atoms with Gasteiger partial charge in [-0.1, -0.05) is 42.5 Å². The molecule has 0 amide bonds. The average Bonchev–Trinajstić information content (AvgIpc) is 2.73. The summed E-state index contributed by atoms with van der Waals surface area (Å²) < 4.78 is 15.6.